The summed E-state index contributed by atoms with van der Waals surface area (Å²) in [5, 5.41) is 9.58. The number of rotatable bonds is 6. The number of carboxylic acids is 1. The number of ether oxygens (including phenoxy) is 1. The fourth-order valence-electron chi connectivity index (χ4n) is 2.79. The first-order chi connectivity index (χ1) is 12.3. The lowest BCUT2D eigenvalue weighted by Crippen LogP contribution is -2.46. The average Bonchev–Trinajstić information content (AvgIpc) is 2.60. The van der Waals surface area contributed by atoms with Crippen molar-refractivity contribution >= 4 is 29.4 Å². The number of carbonyl (C=O) groups is 3. The number of hydrogen-bond acceptors (Lipinski definition) is 4. The Morgan fingerprint density at radius 1 is 1.31 bits per heavy atom. The molecule has 1 aliphatic heterocycles. The van der Waals surface area contributed by atoms with Crippen molar-refractivity contribution in [2.24, 2.45) is 5.92 Å². The second-order valence-corrected chi connectivity index (χ2v) is 6.88. The minimum absolute atomic E-state index is 0.0560. The van der Waals surface area contributed by atoms with Crippen molar-refractivity contribution in [3.63, 3.8) is 0 Å². The van der Waals surface area contributed by atoms with Crippen molar-refractivity contribution in [2.45, 2.75) is 19.8 Å². The predicted molar refractivity (Wildman–Crippen MR) is 96.3 cm³/mol. The molecule has 2 rings (SSSR count). The standard InChI is InChI=1S/C18H23ClN2O5/c1-12-9-14(19)3-4-15(12)26-11-17(23)20(2)10-16(22)21-7-5-13(6-8-21)18(24)25/h3-4,9,13H,5-8,10-11H2,1-2H3,(H,24,25). The fraction of sp³-hybridized carbons (Fsp3) is 0.500. The first kappa shape index (κ1) is 20.0. The maximum Gasteiger partial charge on any atom is 0.306 e. The molecule has 26 heavy (non-hydrogen) atoms. The molecule has 0 saturated carbocycles. The van der Waals surface area contributed by atoms with Crippen LogP contribution >= 0.6 is 11.6 Å². The SMILES string of the molecule is Cc1cc(Cl)ccc1OCC(=O)N(C)CC(=O)N1CCC(C(=O)O)CC1. The Morgan fingerprint density at radius 2 is 1.96 bits per heavy atom. The van der Waals surface area contributed by atoms with Crippen LogP contribution in [0.1, 0.15) is 18.4 Å². The van der Waals surface area contributed by atoms with Crippen LogP contribution in [0, 0.1) is 12.8 Å². The maximum absolute atomic E-state index is 12.3. The molecule has 1 saturated heterocycles. The molecule has 0 spiro atoms. The monoisotopic (exact) mass is 382 g/mol. The van der Waals surface area contributed by atoms with Crippen molar-refractivity contribution < 1.29 is 24.2 Å². The van der Waals surface area contributed by atoms with E-state index in [9.17, 15) is 14.4 Å². The molecule has 1 aliphatic rings. The molecule has 0 atom stereocenters. The van der Waals surface area contributed by atoms with Gasteiger partial charge in [-0.15, -0.1) is 0 Å². The number of carbonyl (C=O) groups excluding carboxylic acids is 2. The van der Waals surface area contributed by atoms with Gasteiger partial charge in [-0.3, -0.25) is 14.4 Å². The number of aliphatic carboxylic acids is 1. The van der Waals surface area contributed by atoms with E-state index in [-0.39, 0.29) is 25.0 Å². The van der Waals surface area contributed by atoms with Gasteiger partial charge in [-0.05, 0) is 43.5 Å². The van der Waals surface area contributed by atoms with Gasteiger partial charge in [-0.2, -0.15) is 0 Å². The van der Waals surface area contributed by atoms with Crippen molar-refractivity contribution in [3.05, 3.63) is 28.8 Å². The molecular weight excluding hydrogens is 360 g/mol. The molecule has 1 fully saturated rings. The highest BCUT2D eigenvalue weighted by Gasteiger charge is 2.27. The molecule has 0 unspecified atom stereocenters. The van der Waals surface area contributed by atoms with E-state index in [1.807, 2.05) is 6.92 Å². The zero-order chi connectivity index (χ0) is 19.3. The van der Waals surface area contributed by atoms with Gasteiger partial charge in [-0.25, -0.2) is 0 Å². The van der Waals surface area contributed by atoms with E-state index in [2.05, 4.69) is 0 Å². The number of likely N-dealkylation sites (N-methyl/N-ethyl adjacent to an activating group) is 1. The van der Waals surface area contributed by atoms with E-state index in [1.54, 1.807) is 30.1 Å². The van der Waals surface area contributed by atoms with Crippen LogP contribution in [0.5, 0.6) is 5.75 Å². The van der Waals surface area contributed by atoms with Crippen LogP contribution in [0.15, 0.2) is 18.2 Å². The van der Waals surface area contributed by atoms with Crippen LogP contribution in [0.3, 0.4) is 0 Å². The third kappa shape index (κ3) is 5.36. The summed E-state index contributed by atoms with van der Waals surface area (Å²) in [4.78, 5) is 38.3. The minimum Gasteiger partial charge on any atom is -0.483 e. The van der Waals surface area contributed by atoms with Crippen molar-refractivity contribution in [1.82, 2.24) is 9.80 Å². The molecule has 142 valence electrons. The van der Waals surface area contributed by atoms with E-state index < -0.39 is 11.9 Å². The summed E-state index contributed by atoms with van der Waals surface area (Å²) >= 11 is 5.88. The molecule has 1 aromatic rings. The number of nitrogens with zero attached hydrogens (tertiary/aromatic N) is 2. The van der Waals surface area contributed by atoms with E-state index in [0.29, 0.717) is 36.7 Å². The largest absolute Gasteiger partial charge is 0.483 e. The lowest BCUT2D eigenvalue weighted by atomic mass is 9.97. The van der Waals surface area contributed by atoms with Gasteiger partial charge in [-0.1, -0.05) is 11.6 Å². The number of amides is 2. The van der Waals surface area contributed by atoms with Gasteiger partial charge in [0.2, 0.25) is 5.91 Å². The zero-order valence-electron chi connectivity index (χ0n) is 14.9. The van der Waals surface area contributed by atoms with Crippen LogP contribution in [0.4, 0.5) is 0 Å². The van der Waals surface area contributed by atoms with Crippen LogP contribution in [-0.4, -0.2) is 66.0 Å². The van der Waals surface area contributed by atoms with Gasteiger partial charge in [0, 0.05) is 25.2 Å². The maximum atomic E-state index is 12.3. The van der Waals surface area contributed by atoms with Gasteiger partial charge < -0.3 is 19.6 Å². The highest BCUT2D eigenvalue weighted by Crippen LogP contribution is 2.22. The molecule has 0 bridgehead atoms. The van der Waals surface area contributed by atoms with Gasteiger partial charge >= 0.3 is 5.97 Å². The topological polar surface area (TPSA) is 87.2 Å². The molecule has 1 heterocycles. The smallest absolute Gasteiger partial charge is 0.306 e. The van der Waals surface area contributed by atoms with Crippen LogP contribution < -0.4 is 4.74 Å². The third-order valence-electron chi connectivity index (χ3n) is 4.48. The van der Waals surface area contributed by atoms with E-state index >= 15 is 0 Å². The van der Waals surface area contributed by atoms with Crippen LogP contribution in [-0.2, 0) is 14.4 Å². The molecule has 0 radical (unpaired) electrons. The van der Waals surface area contributed by atoms with Gasteiger partial charge in [0.25, 0.3) is 5.91 Å². The third-order valence-corrected chi connectivity index (χ3v) is 4.72. The summed E-state index contributed by atoms with van der Waals surface area (Å²) in [5.41, 5.74) is 0.824. The highest BCUT2D eigenvalue weighted by molar-refractivity contribution is 6.30. The number of carboxylic acid groups (broad SMARTS) is 1. The second-order valence-electron chi connectivity index (χ2n) is 6.44. The number of benzene rings is 1. The number of halogens is 1. The fourth-order valence-corrected chi connectivity index (χ4v) is 3.02. The summed E-state index contributed by atoms with van der Waals surface area (Å²) in [6.07, 6.45) is 0.884. The quantitative estimate of drug-likeness (QED) is 0.810. The number of aryl methyl sites for hydroxylation is 1. The Balaban J connectivity index is 1.79. The van der Waals surface area contributed by atoms with E-state index in [1.165, 1.54) is 4.90 Å². The normalized spacial score (nSPS) is 14.8. The molecule has 1 N–H and O–H groups in total. The van der Waals surface area contributed by atoms with Crippen molar-refractivity contribution in [2.75, 3.05) is 33.3 Å². The number of hydrogen-bond donors (Lipinski definition) is 1. The summed E-state index contributed by atoms with van der Waals surface area (Å²) in [7, 11) is 1.54. The van der Waals surface area contributed by atoms with Gasteiger partial charge in [0.1, 0.15) is 5.75 Å². The van der Waals surface area contributed by atoms with Crippen molar-refractivity contribution in [3.8, 4) is 5.75 Å². The van der Waals surface area contributed by atoms with Crippen molar-refractivity contribution in [1.29, 1.82) is 0 Å². The molecule has 7 nitrogen and oxygen atoms in total. The molecule has 0 aliphatic carbocycles. The van der Waals surface area contributed by atoms with E-state index in [4.69, 9.17) is 21.4 Å². The lowest BCUT2D eigenvalue weighted by molar-refractivity contribution is -0.146. The first-order valence-corrected chi connectivity index (χ1v) is 8.79. The van der Waals surface area contributed by atoms with E-state index in [0.717, 1.165) is 5.56 Å². The van der Waals surface area contributed by atoms with Gasteiger partial charge in [0.05, 0.1) is 12.5 Å². The molecule has 2 amide bonds. The lowest BCUT2D eigenvalue weighted by Gasteiger charge is -2.31. The highest BCUT2D eigenvalue weighted by atomic mass is 35.5. The Bertz CT molecular complexity index is 686. The minimum atomic E-state index is -0.820. The summed E-state index contributed by atoms with van der Waals surface area (Å²) in [6, 6.07) is 5.13. The Kier molecular flexibility index (Phi) is 6.85. The average molecular weight is 383 g/mol. The summed E-state index contributed by atoms with van der Waals surface area (Å²) in [5.74, 6) is -1.15. The Hall–Kier alpha value is -2.28. The Labute approximate surface area is 157 Å². The zero-order valence-corrected chi connectivity index (χ0v) is 15.7. The predicted octanol–water partition coefficient (Wildman–Crippen LogP) is 1.81. The Morgan fingerprint density at radius 3 is 2.54 bits per heavy atom. The summed E-state index contributed by atoms with van der Waals surface area (Å²) < 4.78 is 5.50. The first-order valence-electron chi connectivity index (χ1n) is 8.41. The molecular formula is C18H23ClN2O5. The molecule has 0 aromatic heterocycles. The number of likely N-dealkylation sites (tertiary alicyclic amines) is 1. The number of piperidine rings is 1. The molecule has 8 heteroatoms. The van der Waals surface area contributed by atoms with Crippen LogP contribution in [0.2, 0.25) is 5.02 Å². The van der Waals surface area contributed by atoms with Crippen LogP contribution in [0.25, 0.3) is 0 Å². The summed E-state index contributed by atoms with van der Waals surface area (Å²) in [6.45, 7) is 2.41. The van der Waals surface area contributed by atoms with Gasteiger partial charge in [0.15, 0.2) is 6.61 Å². The molecule has 1 aromatic carbocycles. The second kappa shape index (κ2) is 8.89.